The van der Waals surface area contributed by atoms with Gasteiger partial charge in [0.05, 0.1) is 24.8 Å². The minimum absolute atomic E-state index is 0.0104. The van der Waals surface area contributed by atoms with E-state index in [1.807, 2.05) is 64.0 Å². The van der Waals surface area contributed by atoms with Gasteiger partial charge in [0.15, 0.2) is 0 Å². The molecule has 10 heteroatoms. The van der Waals surface area contributed by atoms with Crippen molar-refractivity contribution in [1.82, 2.24) is 24.4 Å². The lowest BCUT2D eigenvalue weighted by atomic mass is 9.95. The number of hydrogen-bond acceptors (Lipinski definition) is 7. The Morgan fingerprint density at radius 3 is 2.16 bits per heavy atom. The number of pyridine rings is 1. The molecule has 1 saturated heterocycles. The molecular formula is C52H63N5O3SSi. The molecule has 3 heterocycles. The second-order valence-electron chi connectivity index (χ2n) is 19.0. The van der Waals surface area contributed by atoms with Crippen molar-refractivity contribution in [2.75, 3.05) is 40.3 Å². The molecule has 324 valence electrons. The largest absolute Gasteiger partial charge is 0.597 e. The maximum Gasteiger partial charge on any atom is 0.270 e. The molecule has 0 saturated carbocycles. The van der Waals surface area contributed by atoms with E-state index in [-0.39, 0.29) is 23.0 Å². The van der Waals surface area contributed by atoms with Gasteiger partial charge >= 0.3 is 0 Å². The number of nitrogens with zero attached hydrogens (tertiary/aromatic N) is 4. The van der Waals surface area contributed by atoms with E-state index in [1.165, 1.54) is 15.9 Å². The van der Waals surface area contributed by atoms with Crippen LogP contribution in [0.15, 0.2) is 121 Å². The lowest BCUT2D eigenvalue weighted by Gasteiger charge is -2.43. The number of nitrogens with one attached hydrogen (secondary N) is 1. The van der Waals surface area contributed by atoms with E-state index >= 15 is 0 Å². The molecule has 1 unspecified atom stereocenters. The molecule has 5 aromatic rings. The van der Waals surface area contributed by atoms with Gasteiger partial charge in [-0.3, -0.25) is 14.6 Å². The number of hydrogen-bond donors (Lipinski definition) is 1. The second-order valence-corrected chi connectivity index (χ2v) is 25.5. The number of rotatable bonds is 13. The van der Waals surface area contributed by atoms with E-state index in [4.69, 9.17) is 9.41 Å². The highest BCUT2D eigenvalue weighted by molar-refractivity contribution is 7.90. The van der Waals surface area contributed by atoms with Crippen molar-refractivity contribution in [3.05, 3.63) is 149 Å². The van der Waals surface area contributed by atoms with Gasteiger partial charge in [-0.1, -0.05) is 136 Å². The molecule has 4 aromatic carbocycles. The summed E-state index contributed by atoms with van der Waals surface area (Å²) in [5.74, 6) is 6.42. The second kappa shape index (κ2) is 19.4. The molecule has 1 N–H and O–H groups in total. The number of aromatic nitrogens is 1. The molecular weight excluding hydrogens is 803 g/mol. The van der Waals surface area contributed by atoms with Crippen molar-refractivity contribution in [1.29, 1.82) is 0 Å². The van der Waals surface area contributed by atoms with E-state index in [0.29, 0.717) is 31.8 Å². The van der Waals surface area contributed by atoms with Crippen LogP contribution in [-0.4, -0.2) is 89.0 Å². The van der Waals surface area contributed by atoms with Crippen LogP contribution < -0.4 is 15.7 Å². The molecule has 0 bridgehead atoms. The van der Waals surface area contributed by atoms with Crippen LogP contribution in [-0.2, 0) is 28.9 Å². The minimum atomic E-state index is -2.86. The van der Waals surface area contributed by atoms with Gasteiger partial charge in [0, 0.05) is 60.3 Å². The van der Waals surface area contributed by atoms with E-state index in [0.717, 1.165) is 54.0 Å². The molecule has 0 spiro atoms. The van der Waals surface area contributed by atoms with Gasteiger partial charge in [-0.05, 0) is 92.4 Å². The van der Waals surface area contributed by atoms with Gasteiger partial charge < -0.3 is 14.3 Å². The van der Waals surface area contributed by atoms with Crippen LogP contribution in [0.3, 0.4) is 0 Å². The van der Waals surface area contributed by atoms with Gasteiger partial charge in [-0.15, -0.1) is 4.31 Å². The average Bonchev–Trinajstić information content (AvgIpc) is 3.85. The van der Waals surface area contributed by atoms with Crippen molar-refractivity contribution < 1.29 is 13.8 Å². The van der Waals surface area contributed by atoms with Crippen LogP contribution >= 0.6 is 0 Å². The third kappa shape index (κ3) is 10.3. The van der Waals surface area contributed by atoms with Crippen molar-refractivity contribution in [2.24, 2.45) is 0 Å². The SMILES string of the molecule is CN(C)CC#Cc1cccc(-c2nc(C(=O)N[C@H]3CCN(Cc4ccccc4)C3)cc3c2[C@@H](CCO[Si](c2ccccc2)(c2ccccc2)C(C)(C)C)N([S+]([O-])C(C)(C)C)C3)c1. The van der Waals surface area contributed by atoms with Crippen LogP contribution in [0.25, 0.3) is 11.3 Å². The Balaban J connectivity index is 1.27. The lowest BCUT2D eigenvalue weighted by Crippen LogP contribution is -2.66. The van der Waals surface area contributed by atoms with E-state index in [9.17, 15) is 9.35 Å². The van der Waals surface area contributed by atoms with Gasteiger partial charge in [0.25, 0.3) is 14.2 Å². The smallest absolute Gasteiger partial charge is 0.270 e. The zero-order valence-electron chi connectivity index (χ0n) is 37.8. The summed E-state index contributed by atoms with van der Waals surface area (Å²) in [6.45, 7) is 17.0. The molecule has 3 atom stereocenters. The Labute approximate surface area is 374 Å². The highest BCUT2D eigenvalue weighted by atomic mass is 32.2. The van der Waals surface area contributed by atoms with Crippen molar-refractivity contribution in [2.45, 2.75) is 89.3 Å². The highest BCUT2D eigenvalue weighted by Crippen LogP contribution is 2.46. The first-order valence-electron chi connectivity index (χ1n) is 21.9. The molecule has 1 fully saturated rings. The Morgan fingerprint density at radius 1 is 0.903 bits per heavy atom. The van der Waals surface area contributed by atoms with Gasteiger partial charge in [0.2, 0.25) is 0 Å². The third-order valence-electron chi connectivity index (χ3n) is 11.9. The van der Waals surface area contributed by atoms with Gasteiger partial charge in [-0.25, -0.2) is 4.98 Å². The van der Waals surface area contributed by atoms with Crippen molar-refractivity contribution >= 4 is 36.0 Å². The first kappa shape index (κ1) is 45.5. The van der Waals surface area contributed by atoms with Gasteiger partial charge in [0.1, 0.15) is 10.4 Å². The minimum Gasteiger partial charge on any atom is -0.597 e. The fourth-order valence-electron chi connectivity index (χ4n) is 9.01. The Bertz CT molecular complexity index is 2320. The monoisotopic (exact) mass is 865 g/mol. The number of carbonyl (C=O) groups is 1. The summed E-state index contributed by atoms with van der Waals surface area (Å²) in [6, 6.07) is 41.7. The molecule has 1 aromatic heterocycles. The van der Waals surface area contributed by atoms with E-state index in [2.05, 4.69) is 144 Å². The number of carbonyl (C=O) groups excluding carboxylic acids is 1. The summed E-state index contributed by atoms with van der Waals surface area (Å²) >= 11 is -1.37. The van der Waals surface area contributed by atoms with Crippen LogP contribution in [0.4, 0.5) is 0 Å². The number of benzene rings is 4. The maximum absolute atomic E-state index is 14.7. The van der Waals surface area contributed by atoms with E-state index in [1.54, 1.807) is 0 Å². The van der Waals surface area contributed by atoms with Crippen LogP contribution in [0.2, 0.25) is 5.04 Å². The molecule has 7 rings (SSSR count). The molecule has 1 amide bonds. The molecule has 0 aliphatic carbocycles. The quantitative estimate of drug-likeness (QED) is 0.0732. The standard InChI is InChI=1S/C52H63N5O3SSi/c1-51(2,3)61(59)57-37-42-35-46(50(58)53-43-29-32-56(38-43)36-40-20-12-9-13-21-40)54-49(41-24-18-22-39(34-41)23-19-31-55(7)8)48(42)47(57)30-33-60-62(52(4,5)6,44-25-14-10-15-26-44)45-27-16-11-17-28-45/h9-18,20-22,24-28,34-35,43,47H,29-33,36-38H2,1-8H3,(H,53,58)/t43-,47+,61?/m0/s1. The molecule has 0 radical (unpaired) electrons. The highest BCUT2D eigenvalue weighted by Gasteiger charge is 2.51. The van der Waals surface area contributed by atoms with Crippen LogP contribution in [0.5, 0.6) is 0 Å². The van der Waals surface area contributed by atoms with Crippen molar-refractivity contribution in [3.63, 3.8) is 0 Å². The summed E-state index contributed by atoms with van der Waals surface area (Å²) in [5.41, 5.74) is 6.08. The molecule has 62 heavy (non-hydrogen) atoms. The molecule has 2 aliphatic rings. The lowest BCUT2D eigenvalue weighted by molar-refractivity contribution is 0.0932. The predicted molar refractivity (Wildman–Crippen MR) is 257 cm³/mol. The topological polar surface area (TPSA) is 84.0 Å². The first-order chi connectivity index (χ1) is 29.6. The predicted octanol–water partition coefficient (Wildman–Crippen LogP) is 7.95. The zero-order chi connectivity index (χ0) is 44.1. The zero-order valence-corrected chi connectivity index (χ0v) is 39.6. The normalized spacial score (nSPS) is 17.7. The average molecular weight is 866 g/mol. The Kier molecular flexibility index (Phi) is 14.3. The first-order valence-corrected chi connectivity index (χ1v) is 24.9. The molecule has 8 nitrogen and oxygen atoms in total. The molecule has 2 aliphatic heterocycles. The Hall–Kier alpha value is -4.57. The number of likely N-dealkylation sites (tertiary alicyclic amines) is 1. The summed E-state index contributed by atoms with van der Waals surface area (Å²) in [5, 5.41) is 5.58. The summed E-state index contributed by atoms with van der Waals surface area (Å²) in [4.78, 5) is 24.0. The van der Waals surface area contributed by atoms with Crippen LogP contribution in [0.1, 0.15) is 93.2 Å². The van der Waals surface area contributed by atoms with Gasteiger partial charge in [-0.2, -0.15) is 0 Å². The number of amides is 1. The summed E-state index contributed by atoms with van der Waals surface area (Å²) in [7, 11) is 1.15. The van der Waals surface area contributed by atoms with E-state index < -0.39 is 24.4 Å². The fraction of sp³-hybridized carbons (Fsp3) is 0.385. The Morgan fingerprint density at radius 2 is 1.55 bits per heavy atom. The fourth-order valence-corrected chi connectivity index (χ4v) is 15.0. The number of fused-ring (bicyclic) bond motifs is 1. The summed E-state index contributed by atoms with van der Waals surface area (Å²) in [6.07, 6.45) is 1.46. The third-order valence-corrected chi connectivity index (χ3v) is 18.8. The summed E-state index contributed by atoms with van der Waals surface area (Å²) < 4.78 is 23.7. The van der Waals surface area contributed by atoms with Crippen molar-refractivity contribution in [3.8, 4) is 23.1 Å². The van der Waals surface area contributed by atoms with Crippen LogP contribution in [0, 0.1) is 11.8 Å². The maximum atomic E-state index is 14.7.